The fourth-order valence-corrected chi connectivity index (χ4v) is 1.87. The Morgan fingerprint density at radius 1 is 0.944 bits per heavy atom. The van der Waals surface area contributed by atoms with Crippen LogP contribution in [0.2, 0.25) is 0 Å². The van der Waals surface area contributed by atoms with Crippen molar-refractivity contribution in [1.82, 2.24) is 0 Å². The van der Waals surface area contributed by atoms with Crippen molar-refractivity contribution in [3.63, 3.8) is 0 Å². The second kappa shape index (κ2) is 5.61. The molecule has 0 heterocycles. The summed E-state index contributed by atoms with van der Waals surface area (Å²) in [6.45, 7) is 1.69. The maximum Gasteiger partial charge on any atom is 0.188 e. The summed E-state index contributed by atoms with van der Waals surface area (Å²) in [4.78, 5) is 11.3. The average Bonchev–Trinajstić information content (AvgIpc) is 2.47. The lowest BCUT2D eigenvalue weighted by Crippen LogP contribution is -2.03. The molecule has 0 aliphatic carbocycles. The quantitative estimate of drug-likeness (QED) is 0.834. The van der Waals surface area contributed by atoms with Crippen molar-refractivity contribution in [3.05, 3.63) is 59.7 Å². The molecular weight excluding hydrogens is 224 g/mol. The van der Waals surface area contributed by atoms with E-state index < -0.39 is 6.61 Å². The summed E-state index contributed by atoms with van der Waals surface area (Å²) in [6.07, 6.45) is 1.03. The highest BCUT2D eigenvalue weighted by atomic mass is 16.3. The molecule has 0 aromatic heterocycles. The molecule has 0 unspecified atom stereocenters. The predicted molar refractivity (Wildman–Crippen MR) is 72.7 cm³/mol. The molecule has 18 heavy (non-hydrogen) atoms. The number of benzene rings is 2. The van der Waals surface area contributed by atoms with Crippen LogP contribution in [-0.4, -0.2) is 17.5 Å². The van der Waals surface area contributed by atoms with Crippen LogP contribution in [0, 0.1) is 0 Å². The van der Waals surface area contributed by atoms with Crippen molar-refractivity contribution in [2.75, 3.05) is 6.61 Å². The number of aryl methyl sites for hydroxylation is 1. The molecule has 2 aromatic rings. The highest BCUT2D eigenvalue weighted by Crippen LogP contribution is 2.20. The van der Waals surface area contributed by atoms with Crippen molar-refractivity contribution >= 4 is 5.78 Å². The Bertz CT molecular complexity index is 524. The lowest BCUT2D eigenvalue weighted by atomic mass is 10.0. The first-order valence-electron chi connectivity index (χ1n) is 6.08. The minimum Gasteiger partial charge on any atom is -0.388 e. The number of carbonyl (C=O) groups is 1. The van der Waals surface area contributed by atoms with Gasteiger partial charge in [-0.15, -0.1) is 0 Å². The molecule has 0 amide bonds. The molecule has 0 fully saturated rings. The molecule has 2 heteroatoms. The highest BCUT2D eigenvalue weighted by Gasteiger charge is 2.04. The van der Waals surface area contributed by atoms with Crippen molar-refractivity contribution in [3.8, 4) is 11.1 Å². The van der Waals surface area contributed by atoms with Crippen LogP contribution in [0.4, 0.5) is 0 Å². The Kier molecular flexibility index (Phi) is 3.90. The van der Waals surface area contributed by atoms with Gasteiger partial charge in [-0.3, -0.25) is 4.79 Å². The Balaban J connectivity index is 2.25. The second-order valence-electron chi connectivity index (χ2n) is 4.21. The summed E-state index contributed by atoms with van der Waals surface area (Å²) in [7, 11) is 0. The van der Waals surface area contributed by atoms with Crippen LogP contribution in [0.1, 0.15) is 22.8 Å². The van der Waals surface area contributed by atoms with E-state index in [1.807, 2.05) is 12.1 Å². The summed E-state index contributed by atoms with van der Waals surface area (Å²) < 4.78 is 0. The van der Waals surface area contributed by atoms with Crippen LogP contribution in [0.3, 0.4) is 0 Å². The second-order valence-corrected chi connectivity index (χ2v) is 4.21. The molecule has 0 bridgehead atoms. The third-order valence-electron chi connectivity index (χ3n) is 3.05. The number of rotatable bonds is 4. The number of carbonyl (C=O) groups excluding carboxylic acids is 1. The smallest absolute Gasteiger partial charge is 0.188 e. The maximum atomic E-state index is 11.3. The third kappa shape index (κ3) is 2.66. The molecule has 2 rings (SSSR count). The van der Waals surface area contributed by atoms with Crippen molar-refractivity contribution in [1.29, 1.82) is 0 Å². The zero-order valence-electron chi connectivity index (χ0n) is 10.4. The summed E-state index contributed by atoms with van der Waals surface area (Å²) in [5, 5.41) is 8.78. The van der Waals surface area contributed by atoms with Gasteiger partial charge in [0.1, 0.15) is 6.61 Å². The van der Waals surface area contributed by atoms with E-state index in [4.69, 9.17) is 5.11 Å². The Morgan fingerprint density at radius 2 is 1.44 bits per heavy atom. The summed E-state index contributed by atoms with van der Waals surface area (Å²) >= 11 is 0. The van der Waals surface area contributed by atoms with Crippen LogP contribution >= 0.6 is 0 Å². The Hall–Kier alpha value is -1.93. The van der Waals surface area contributed by atoms with Gasteiger partial charge in [0.15, 0.2) is 5.78 Å². The lowest BCUT2D eigenvalue weighted by molar-refractivity contribution is 0.0904. The zero-order chi connectivity index (χ0) is 13.0. The van der Waals surface area contributed by atoms with Gasteiger partial charge < -0.3 is 5.11 Å². The fraction of sp³-hybridized carbons (Fsp3) is 0.188. The van der Waals surface area contributed by atoms with Gasteiger partial charge in [0.2, 0.25) is 0 Å². The van der Waals surface area contributed by atoms with E-state index in [2.05, 4.69) is 31.2 Å². The van der Waals surface area contributed by atoms with E-state index in [0.717, 1.165) is 17.5 Å². The molecule has 2 aromatic carbocycles. The monoisotopic (exact) mass is 240 g/mol. The third-order valence-corrected chi connectivity index (χ3v) is 3.05. The molecule has 92 valence electrons. The Labute approximate surface area is 107 Å². The van der Waals surface area contributed by atoms with E-state index in [-0.39, 0.29) is 5.78 Å². The Morgan fingerprint density at radius 3 is 1.89 bits per heavy atom. The van der Waals surface area contributed by atoms with Crippen LogP contribution in [0.5, 0.6) is 0 Å². The summed E-state index contributed by atoms with van der Waals surface area (Å²) in [6, 6.07) is 15.7. The molecule has 0 radical (unpaired) electrons. The maximum absolute atomic E-state index is 11.3. The van der Waals surface area contributed by atoms with Gasteiger partial charge in [-0.1, -0.05) is 55.5 Å². The molecule has 2 nitrogen and oxygen atoms in total. The SMILES string of the molecule is CCc1ccc(-c2ccc(C(=O)CO)cc2)cc1. The molecule has 0 aliphatic heterocycles. The molecule has 0 saturated carbocycles. The first kappa shape index (κ1) is 12.5. The highest BCUT2D eigenvalue weighted by molar-refractivity contribution is 5.97. The van der Waals surface area contributed by atoms with E-state index >= 15 is 0 Å². The van der Waals surface area contributed by atoms with E-state index in [1.165, 1.54) is 5.56 Å². The lowest BCUT2D eigenvalue weighted by Gasteiger charge is -2.04. The molecule has 0 aliphatic rings. The molecular formula is C16H16O2. The van der Waals surface area contributed by atoms with Gasteiger partial charge >= 0.3 is 0 Å². The van der Waals surface area contributed by atoms with Gasteiger partial charge in [0, 0.05) is 5.56 Å². The number of hydrogen-bond donors (Lipinski definition) is 1. The van der Waals surface area contributed by atoms with E-state index in [0.29, 0.717) is 5.56 Å². The topological polar surface area (TPSA) is 37.3 Å². The molecule has 1 N–H and O–H groups in total. The average molecular weight is 240 g/mol. The van der Waals surface area contributed by atoms with Gasteiger partial charge in [0.05, 0.1) is 0 Å². The molecule has 0 saturated heterocycles. The van der Waals surface area contributed by atoms with Gasteiger partial charge in [-0.25, -0.2) is 0 Å². The standard InChI is InChI=1S/C16H16O2/c1-2-12-3-5-13(6-4-12)14-7-9-15(10-8-14)16(18)11-17/h3-10,17H,2,11H2,1H3. The molecule has 0 atom stereocenters. The van der Waals surface area contributed by atoms with E-state index in [9.17, 15) is 4.79 Å². The summed E-state index contributed by atoms with van der Waals surface area (Å²) in [5.74, 6) is -0.247. The van der Waals surface area contributed by atoms with Crippen LogP contribution in [-0.2, 0) is 6.42 Å². The van der Waals surface area contributed by atoms with Crippen molar-refractivity contribution < 1.29 is 9.90 Å². The van der Waals surface area contributed by atoms with Crippen LogP contribution < -0.4 is 0 Å². The van der Waals surface area contributed by atoms with Crippen molar-refractivity contribution in [2.24, 2.45) is 0 Å². The number of aliphatic hydroxyl groups is 1. The largest absolute Gasteiger partial charge is 0.388 e. The van der Waals surface area contributed by atoms with Crippen LogP contribution in [0.25, 0.3) is 11.1 Å². The van der Waals surface area contributed by atoms with Gasteiger partial charge in [-0.2, -0.15) is 0 Å². The number of hydrogen-bond acceptors (Lipinski definition) is 2. The van der Waals surface area contributed by atoms with Gasteiger partial charge in [0.25, 0.3) is 0 Å². The summed E-state index contributed by atoms with van der Waals surface area (Å²) in [5.41, 5.74) is 4.07. The minimum atomic E-state index is -0.440. The van der Waals surface area contributed by atoms with Crippen molar-refractivity contribution in [2.45, 2.75) is 13.3 Å². The minimum absolute atomic E-state index is 0.247. The van der Waals surface area contributed by atoms with Crippen LogP contribution in [0.15, 0.2) is 48.5 Å². The zero-order valence-corrected chi connectivity index (χ0v) is 10.4. The number of aliphatic hydroxyl groups excluding tert-OH is 1. The number of ketones is 1. The van der Waals surface area contributed by atoms with Gasteiger partial charge in [-0.05, 0) is 23.1 Å². The first-order chi connectivity index (χ1) is 8.74. The fourth-order valence-electron chi connectivity index (χ4n) is 1.87. The predicted octanol–water partition coefficient (Wildman–Crippen LogP) is 3.09. The molecule has 0 spiro atoms. The normalized spacial score (nSPS) is 10.3. The first-order valence-corrected chi connectivity index (χ1v) is 6.08. The number of Topliss-reactive ketones (excluding diaryl/α,β-unsaturated/α-hetero) is 1. The van der Waals surface area contributed by atoms with E-state index in [1.54, 1.807) is 12.1 Å².